The normalized spacial score (nSPS) is 11.9. The zero-order valence-corrected chi connectivity index (χ0v) is 7.37. The number of anilines is 1. The molecule has 0 saturated heterocycles. The monoisotopic (exact) mass is 170 g/mol. The van der Waals surface area contributed by atoms with Crippen molar-refractivity contribution in [3.05, 3.63) is 5.89 Å². The van der Waals surface area contributed by atoms with Crippen molar-refractivity contribution in [2.24, 2.45) is 5.73 Å². The molecule has 0 fully saturated rings. The molecule has 0 saturated carbocycles. The standard InChI is InChI=1S/C7H14N4O/c1-3-7(9,4-2)5-10-6(8)11-12-5/h3-4,9H2,1-2H3,(H2,8,11). The zero-order valence-electron chi connectivity index (χ0n) is 7.37. The highest BCUT2D eigenvalue weighted by molar-refractivity contribution is 5.14. The Labute approximate surface area is 71.1 Å². The molecule has 1 heterocycles. The molecule has 0 aliphatic rings. The molecule has 0 amide bonds. The van der Waals surface area contributed by atoms with Gasteiger partial charge in [0.1, 0.15) is 0 Å². The molecular weight excluding hydrogens is 156 g/mol. The van der Waals surface area contributed by atoms with Crippen LogP contribution in [-0.2, 0) is 5.54 Å². The molecule has 0 atom stereocenters. The lowest BCUT2D eigenvalue weighted by atomic mass is 9.94. The lowest BCUT2D eigenvalue weighted by molar-refractivity contribution is 0.268. The van der Waals surface area contributed by atoms with Gasteiger partial charge in [-0.3, -0.25) is 0 Å². The Kier molecular flexibility index (Phi) is 2.32. The highest BCUT2D eigenvalue weighted by Crippen LogP contribution is 2.23. The minimum absolute atomic E-state index is 0.140. The van der Waals surface area contributed by atoms with Gasteiger partial charge in [0.05, 0.1) is 5.54 Å². The molecule has 4 N–H and O–H groups in total. The first kappa shape index (κ1) is 8.99. The number of nitrogens with zero attached hydrogens (tertiary/aromatic N) is 2. The zero-order chi connectivity index (χ0) is 9.19. The van der Waals surface area contributed by atoms with Crippen LogP contribution in [0.3, 0.4) is 0 Å². The third-order valence-electron chi connectivity index (χ3n) is 2.13. The topological polar surface area (TPSA) is 91.0 Å². The summed E-state index contributed by atoms with van der Waals surface area (Å²) in [6.07, 6.45) is 1.51. The Bertz CT molecular complexity index is 254. The predicted molar refractivity (Wildman–Crippen MR) is 45.2 cm³/mol. The van der Waals surface area contributed by atoms with Crippen molar-refractivity contribution in [1.82, 2.24) is 10.1 Å². The third-order valence-corrected chi connectivity index (χ3v) is 2.13. The molecule has 0 aliphatic carbocycles. The van der Waals surface area contributed by atoms with Crippen molar-refractivity contribution in [1.29, 1.82) is 0 Å². The molecule has 12 heavy (non-hydrogen) atoms. The first-order valence-electron chi connectivity index (χ1n) is 4.01. The van der Waals surface area contributed by atoms with E-state index in [1.54, 1.807) is 0 Å². The van der Waals surface area contributed by atoms with Crippen molar-refractivity contribution in [2.45, 2.75) is 32.2 Å². The summed E-state index contributed by atoms with van der Waals surface area (Å²) in [4.78, 5) is 3.90. The van der Waals surface area contributed by atoms with Gasteiger partial charge in [0.15, 0.2) is 0 Å². The summed E-state index contributed by atoms with van der Waals surface area (Å²) in [6, 6.07) is 0. The summed E-state index contributed by atoms with van der Waals surface area (Å²) in [5.41, 5.74) is 10.8. The summed E-state index contributed by atoms with van der Waals surface area (Å²) < 4.78 is 4.90. The summed E-state index contributed by atoms with van der Waals surface area (Å²) in [7, 11) is 0. The van der Waals surface area contributed by atoms with E-state index in [1.165, 1.54) is 0 Å². The lowest BCUT2D eigenvalue weighted by Crippen LogP contribution is -2.35. The van der Waals surface area contributed by atoms with E-state index >= 15 is 0 Å². The molecule has 0 aliphatic heterocycles. The van der Waals surface area contributed by atoms with E-state index in [-0.39, 0.29) is 5.95 Å². The molecule has 0 spiro atoms. The number of nitrogens with two attached hydrogens (primary N) is 2. The quantitative estimate of drug-likeness (QED) is 0.694. The third kappa shape index (κ3) is 1.40. The van der Waals surface area contributed by atoms with E-state index in [1.807, 2.05) is 13.8 Å². The van der Waals surface area contributed by atoms with E-state index < -0.39 is 5.54 Å². The van der Waals surface area contributed by atoms with E-state index in [2.05, 4.69) is 10.1 Å². The maximum Gasteiger partial charge on any atom is 0.260 e. The molecule has 1 aromatic rings. The van der Waals surface area contributed by atoms with Gasteiger partial charge in [-0.1, -0.05) is 13.8 Å². The maximum absolute atomic E-state index is 5.98. The SMILES string of the molecule is CCC(N)(CC)c1nc(N)no1. The lowest BCUT2D eigenvalue weighted by Gasteiger charge is -2.20. The minimum atomic E-state index is -0.523. The van der Waals surface area contributed by atoms with E-state index in [0.717, 1.165) is 12.8 Å². The highest BCUT2D eigenvalue weighted by Gasteiger charge is 2.29. The van der Waals surface area contributed by atoms with Gasteiger partial charge in [0.2, 0.25) is 5.89 Å². The second-order valence-electron chi connectivity index (χ2n) is 2.82. The van der Waals surface area contributed by atoms with Crippen molar-refractivity contribution >= 4 is 5.95 Å². The Morgan fingerprint density at radius 1 is 1.42 bits per heavy atom. The van der Waals surface area contributed by atoms with Crippen molar-refractivity contribution in [2.75, 3.05) is 5.73 Å². The second-order valence-corrected chi connectivity index (χ2v) is 2.82. The van der Waals surface area contributed by atoms with Crippen LogP contribution in [0, 0.1) is 0 Å². The molecule has 0 radical (unpaired) electrons. The molecule has 0 aromatic carbocycles. The van der Waals surface area contributed by atoms with Crippen LogP contribution in [0.5, 0.6) is 0 Å². The van der Waals surface area contributed by atoms with Gasteiger partial charge in [-0.25, -0.2) is 0 Å². The highest BCUT2D eigenvalue weighted by atomic mass is 16.5. The number of nitrogen functional groups attached to an aromatic ring is 1. The smallest absolute Gasteiger partial charge is 0.260 e. The fourth-order valence-corrected chi connectivity index (χ4v) is 0.990. The molecular formula is C7H14N4O. The van der Waals surface area contributed by atoms with Crippen LogP contribution in [-0.4, -0.2) is 10.1 Å². The molecule has 68 valence electrons. The van der Waals surface area contributed by atoms with Gasteiger partial charge in [-0.15, -0.1) is 0 Å². The van der Waals surface area contributed by atoms with Crippen LogP contribution in [0.4, 0.5) is 5.95 Å². The number of aromatic nitrogens is 2. The van der Waals surface area contributed by atoms with Crippen molar-refractivity contribution < 1.29 is 4.52 Å². The van der Waals surface area contributed by atoms with Gasteiger partial charge in [-0.05, 0) is 18.0 Å². The first-order valence-corrected chi connectivity index (χ1v) is 4.01. The number of hydrogen-bond donors (Lipinski definition) is 2. The Hall–Kier alpha value is -1.10. The molecule has 0 bridgehead atoms. The summed E-state index contributed by atoms with van der Waals surface area (Å²) in [5.74, 6) is 0.562. The van der Waals surface area contributed by atoms with Crippen LogP contribution < -0.4 is 11.5 Å². The van der Waals surface area contributed by atoms with Gasteiger partial charge < -0.3 is 16.0 Å². The van der Waals surface area contributed by atoms with Gasteiger partial charge in [0.25, 0.3) is 5.95 Å². The average molecular weight is 170 g/mol. The average Bonchev–Trinajstić information content (AvgIpc) is 2.51. The Morgan fingerprint density at radius 2 is 2.00 bits per heavy atom. The van der Waals surface area contributed by atoms with Crippen molar-refractivity contribution in [3.8, 4) is 0 Å². The summed E-state index contributed by atoms with van der Waals surface area (Å²) in [5, 5.41) is 3.49. The first-order chi connectivity index (χ1) is 5.62. The fourth-order valence-electron chi connectivity index (χ4n) is 0.990. The summed E-state index contributed by atoms with van der Waals surface area (Å²) >= 11 is 0. The van der Waals surface area contributed by atoms with Gasteiger partial charge in [-0.2, -0.15) is 4.98 Å². The Morgan fingerprint density at radius 3 is 2.33 bits per heavy atom. The second kappa shape index (κ2) is 3.10. The predicted octanol–water partition coefficient (Wildman–Crippen LogP) is 0.626. The minimum Gasteiger partial charge on any atom is -0.365 e. The Balaban J connectivity index is 2.94. The van der Waals surface area contributed by atoms with Crippen LogP contribution in [0.15, 0.2) is 4.52 Å². The van der Waals surface area contributed by atoms with E-state index in [9.17, 15) is 0 Å². The fraction of sp³-hybridized carbons (Fsp3) is 0.714. The molecule has 5 nitrogen and oxygen atoms in total. The molecule has 0 unspecified atom stereocenters. The molecule has 5 heteroatoms. The summed E-state index contributed by atoms with van der Waals surface area (Å²) in [6.45, 7) is 3.95. The molecule has 1 aromatic heterocycles. The maximum atomic E-state index is 5.98. The van der Waals surface area contributed by atoms with Gasteiger partial charge >= 0.3 is 0 Å². The number of rotatable bonds is 3. The van der Waals surface area contributed by atoms with Gasteiger partial charge in [0, 0.05) is 0 Å². The van der Waals surface area contributed by atoms with Crippen LogP contribution in [0.25, 0.3) is 0 Å². The van der Waals surface area contributed by atoms with Crippen LogP contribution >= 0.6 is 0 Å². The van der Waals surface area contributed by atoms with Crippen LogP contribution in [0.2, 0.25) is 0 Å². The van der Waals surface area contributed by atoms with Crippen molar-refractivity contribution in [3.63, 3.8) is 0 Å². The van der Waals surface area contributed by atoms with Crippen LogP contribution in [0.1, 0.15) is 32.6 Å². The van der Waals surface area contributed by atoms with E-state index in [4.69, 9.17) is 16.0 Å². The molecule has 1 rings (SSSR count). The van der Waals surface area contributed by atoms with E-state index in [0.29, 0.717) is 5.89 Å². The number of hydrogen-bond acceptors (Lipinski definition) is 5. The largest absolute Gasteiger partial charge is 0.365 e.